The molecule has 6 nitrogen and oxygen atoms in total. The number of halogens is 1. The Morgan fingerprint density at radius 3 is 2.79 bits per heavy atom. The molecule has 2 N–H and O–H groups in total. The highest BCUT2D eigenvalue weighted by molar-refractivity contribution is 8.18. The van der Waals surface area contributed by atoms with Crippen molar-refractivity contribution in [1.82, 2.24) is 4.98 Å². The van der Waals surface area contributed by atoms with Crippen molar-refractivity contribution in [1.29, 1.82) is 0 Å². The van der Waals surface area contributed by atoms with Gasteiger partial charge < -0.3 is 10.6 Å². The van der Waals surface area contributed by atoms with Crippen molar-refractivity contribution in [3.8, 4) is 0 Å². The van der Waals surface area contributed by atoms with Gasteiger partial charge in [0.25, 0.3) is 5.91 Å². The molecule has 34 heavy (non-hydrogen) atoms. The average molecular weight is 491 g/mol. The second-order valence-corrected chi connectivity index (χ2v) is 9.87. The molecule has 1 fully saturated rings. The normalized spacial score (nSPS) is 17.7. The molecule has 2 heterocycles. The van der Waals surface area contributed by atoms with Crippen LogP contribution >= 0.6 is 23.4 Å². The average Bonchev–Trinajstić information content (AvgIpc) is 3.20. The van der Waals surface area contributed by atoms with Crippen molar-refractivity contribution in [2.45, 2.75) is 32.1 Å². The minimum Gasteiger partial charge on any atom is -0.333 e. The largest absolute Gasteiger partial charge is 0.333 e. The lowest BCUT2D eigenvalue weighted by atomic mass is 9.88. The van der Waals surface area contributed by atoms with Gasteiger partial charge in [0.15, 0.2) is 5.17 Å². The molecule has 0 atom stereocenters. The number of pyridine rings is 1. The van der Waals surface area contributed by atoms with Crippen LogP contribution in [0.1, 0.15) is 37.7 Å². The topological polar surface area (TPSA) is 83.5 Å². The molecule has 5 rings (SSSR count). The number of fused-ring (bicyclic) bond motifs is 1. The molecule has 0 bridgehead atoms. The molecule has 1 saturated carbocycles. The summed E-state index contributed by atoms with van der Waals surface area (Å²) in [7, 11) is 0. The fourth-order valence-corrected chi connectivity index (χ4v) is 5.21. The number of benzene rings is 2. The number of aliphatic imine (C=N–C) groups is 1. The van der Waals surface area contributed by atoms with E-state index in [0.717, 1.165) is 42.1 Å². The number of carbonyl (C=O) groups excluding carboxylic acids is 2. The van der Waals surface area contributed by atoms with Gasteiger partial charge in [-0.2, -0.15) is 4.99 Å². The van der Waals surface area contributed by atoms with Gasteiger partial charge in [-0.1, -0.05) is 43.0 Å². The number of amidine groups is 1. The molecule has 8 heteroatoms. The van der Waals surface area contributed by atoms with Crippen LogP contribution in [0.15, 0.2) is 64.6 Å². The van der Waals surface area contributed by atoms with E-state index < -0.39 is 0 Å². The third-order valence-corrected chi connectivity index (χ3v) is 7.23. The molecular weight excluding hydrogens is 468 g/mol. The van der Waals surface area contributed by atoms with Gasteiger partial charge in [0, 0.05) is 23.2 Å². The SMILES string of the molecule is O=C1N=C(Nc2cc(NC(=O)C3CCCCC3)ccc2Cl)S/C1=C\c1ccc2ncccc2c1. The number of thioether (sulfide) groups is 1. The van der Waals surface area contributed by atoms with Gasteiger partial charge in [-0.3, -0.25) is 14.6 Å². The fraction of sp³-hybridized carbons (Fsp3) is 0.231. The summed E-state index contributed by atoms with van der Waals surface area (Å²) in [4.78, 5) is 34.1. The highest BCUT2D eigenvalue weighted by Gasteiger charge is 2.24. The summed E-state index contributed by atoms with van der Waals surface area (Å²) >= 11 is 7.63. The van der Waals surface area contributed by atoms with Gasteiger partial charge in [-0.05, 0) is 72.6 Å². The molecule has 1 aromatic heterocycles. The van der Waals surface area contributed by atoms with Crippen LogP contribution in [0.3, 0.4) is 0 Å². The maximum absolute atomic E-state index is 12.6. The molecule has 2 aromatic carbocycles. The van der Waals surface area contributed by atoms with E-state index in [0.29, 0.717) is 26.5 Å². The van der Waals surface area contributed by atoms with Gasteiger partial charge in [0.05, 0.1) is 21.1 Å². The van der Waals surface area contributed by atoms with E-state index in [1.165, 1.54) is 18.2 Å². The lowest BCUT2D eigenvalue weighted by Gasteiger charge is -2.21. The summed E-state index contributed by atoms with van der Waals surface area (Å²) in [5, 5.41) is 8.06. The minimum absolute atomic E-state index is 0.0477. The summed E-state index contributed by atoms with van der Waals surface area (Å²) in [6, 6.07) is 15.0. The van der Waals surface area contributed by atoms with Crippen molar-refractivity contribution in [3.05, 3.63) is 70.2 Å². The van der Waals surface area contributed by atoms with Gasteiger partial charge in [-0.15, -0.1) is 0 Å². The van der Waals surface area contributed by atoms with E-state index in [9.17, 15) is 9.59 Å². The number of hydrogen-bond acceptors (Lipinski definition) is 5. The number of hydrogen-bond donors (Lipinski definition) is 2. The first-order chi connectivity index (χ1) is 16.5. The summed E-state index contributed by atoms with van der Waals surface area (Å²) < 4.78 is 0. The maximum atomic E-state index is 12.6. The van der Waals surface area contributed by atoms with E-state index in [1.54, 1.807) is 24.4 Å². The Labute approximate surface area is 206 Å². The smallest absolute Gasteiger partial charge is 0.286 e. The fourth-order valence-electron chi connectivity index (χ4n) is 4.22. The molecule has 0 radical (unpaired) electrons. The molecule has 3 aromatic rings. The van der Waals surface area contributed by atoms with Gasteiger partial charge >= 0.3 is 0 Å². The molecule has 1 aliphatic heterocycles. The molecular formula is C26H23ClN4O2S. The third-order valence-electron chi connectivity index (χ3n) is 6.00. The summed E-state index contributed by atoms with van der Waals surface area (Å²) in [5.41, 5.74) is 3.05. The van der Waals surface area contributed by atoms with Crippen LogP contribution in [-0.4, -0.2) is 22.0 Å². The van der Waals surface area contributed by atoms with Gasteiger partial charge in [-0.25, -0.2) is 0 Å². The van der Waals surface area contributed by atoms with Crippen molar-refractivity contribution in [2.75, 3.05) is 10.6 Å². The molecule has 0 saturated heterocycles. The van der Waals surface area contributed by atoms with E-state index >= 15 is 0 Å². The summed E-state index contributed by atoms with van der Waals surface area (Å²) in [6.45, 7) is 0. The third kappa shape index (κ3) is 5.16. The van der Waals surface area contributed by atoms with E-state index in [4.69, 9.17) is 11.6 Å². The zero-order valence-electron chi connectivity index (χ0n) is 18.4. The second kappa shape index (κ2) is 9.99. The lowest BCUT2D eigenvalue weighted by Crippen LogP contribution is -2.24. The van der Waals surface area contributed by atoms with Crippen molar-refractivity contribution < 1.29 is 9.59 Å². The van der Waals surface area contributed by atoms with Crippen LogP contribution in [0, 0.1) is 5.92 Å². The number of nitrogens with zero attached hydrogens (tertiary/aromatic N) is 2. The van der Waals surface area contributed by atoms with E-state index in [1.807, 2.05) is 36.4 Å². The molecule has 172 valence electrons. The molecule has 2 amide bonds. The highest BCUT2D eigenvalue weighted by atomic mass is 35.5. The second-order valence-electron chi connectivity index (χ2n) is 8.43. The molecule has 0 spiro atoms. The van der Waals surface area contributed by atoms with E-state index in [-0.39, 0.29) is 17.7 Å². The Morgan fingerprint density at radius 1 is 1.09 bits per heavy atom. The van der Waals surface area contributed by atoms with E-state index in [2.05, 4.69) is 20.6 Å². The number of rotatable bonds is 4. The minimum atomic E-state index is -0.309. The predicted octanol–water partition coefficient (Wildman–Crippen LogP) is 6.49. The highest BCUT2D eigenvalue weighted by Crippen LogP contribution is 2.33. The first-order valence-electron chi connectivity index (χ1n) is 11.3. The zero-order valence-corrected chi connectivity index (χ0v) is 20.0. The standard InChI is InChI=1S/C26H23ClN4O2S/c27-20-10-9-19(29-24(32)17-5-2-1-3-6-17)15-22(20)30-26-31-25(33)23(34-26)14-16-8-11-21-18(13-16)7-4-12-28-21/h4,7-15,17H,1-3,5-6H2,(H,29,32)(H,30,31,33)/b23-14-. The van der Waals surface area contributed by atoms with Crippen molar-refractivity contribution >= 4 is 68.7 Å². The van der Waals surface area contributed by atoms with Crippen LogP contribution in [0.2, 0.25) is 5.02 Å². The number of aromatic nitrogens is 1. The Kier molecular flexibility index (Phi) is 6.65. The molecule has 2 aliphatic rings. The lowest BCUT2D eigenvalue weighted by molar-refractivity contribution is -0.120. The monoisotopic (exact) mass is 490 g/mol. The number of anilines is 2. The Balaban J connectivity index is 1.28. The van der Waals surface area contributed by atoms with Crippen LogP contribution in [0.25, 0.3) is 17.0 Å². The zero-order chi connectivity index (χ0) is 23.5. The molecule has 1 aliphatic carbocycles. The Hall–Kier alpha value is -3.16. The first-order valence-corrected chi connectivity index (χ1v) is 12.5. The number of amides is 2. The Morgan fingerprint density at radius 2 is 1.94 bits per heavy atom. The number of carbonyl (C=O) groups is 2. The molecule has 0 unspecified atom stereocenters. The summed E-state index contributed by atoms with van der Waals surface area (Å²) in [6.07, 6.45) is 8.84. The van der Waals surface area contributed by atoms with Gasteiger partial charge in [0.1, 0.15) is 0 Å². The van der Waals surface area contributed by atoms with Crippen molar-refractivity contribution in [3.63, 3.8) is 0 Å². The Bertz CT molecular complexity index is 1330. The van der Waals surface area contributed by atoms with Crippen LogP contribution < -0.4 is 10.6 Å². The van der Waals surface area contributed by atoms with Crippen LogP contribution in [-0.2, 0) is 9.59 Å². The van der Waals surface area contributed by atoms with Crippen LogP contribution in [0.4, 0.5) is 11.4 Å². The first kappa shape index (κ1) is 22.6. The van der Waals surface area contributed by atoms with Crippen molar-refractivity contribution in [2.24, 2.45) is 10.9 Å². The number of nitrogens with one attached hydrogen (secondary N) is 2. The van der Waals surface area contributed by atoms with Crippen LogP contribution in [0.5, 0.6) is 0 Å². The summed E-state index contributed by atoms with van der Waals surface area (Å²) in [5.74, 6) is -0.199. The maximum Gasteiger partial charge on any atom is 0.286 e. The predicted molar refractivity (Wildman–Crippen MR) is 140 cm³/mol. The quantitative estimate of drug-likeness (QED) is 0.408. The van der Waals surface area contributed by atoms with Gasteiger partial charge in [0.2, 0.25) is 5.91 Å².